The SMILES string of the molecule is CC(O)[NH+](C)CCO.COS(=O)(=O)[O-]. The predicted octanol–water partition coefficient (Wildman–Crippen LogP) is -3.08. The van der Waals surface area contributed by atoms with Crippen molar-refractivity contribution in [3.63, 3.8) is 0 Å². The normalized spacial score (nSPS) is 15.3. The number of quaternary nitrogens is 1. The number of hydrogen-bond acceptors (Lipinski definition) is 6. The van der Waals surface area contributed by atoms with Crippen LogP contribution in [0.15, 0.2) is 0 Å². The molecule has 0 fully saturated rings. The van der Waals surface area contributed by atoms with Gasteiger partial charge in [0.25, 0.3) is 0 Å². The van der Waals surface area contributed by atoms with Gasteiger partial charge in [-0.05, 0) is 0 Å². The first kappa shape index (κ1) is 16.2. The standard InChI is InChI=1S/C5H13NO2.CH4O4S/c1-5(8)6(2)3-4-7;1-5-6(2,3)4/h5,7-8H,3-4H2,1-2H3;1H3,(H,2,3,4). The quantitative estimate of drug-likeness (QED) is 0.269. The average molecular weight is 231 g/mol. The van der Waals surface area contributed by atoms with Crippen LogP contribution in [0, 0.1) is 0 Å². The summed E-state index contributed by atoms with van der Waals surface area (Å²) in [4.78, 5) is 0.938. The van der Waals surface area contributed by atoms with Gasteiger partial charge in [-0.1, -0.05) is 0 Å². The monoisotopic (exact) mass is 231 g/mol. The first-order valence-electron chi connectivity index (χ1n) is 3.87. The lowest BCUT2D eigenvalue weighted by Gasteiger charge is -2.14. The van der Waals surface area contributed by atoms with Crippen LogP contribution in [0.2, 0.25) is 0 Å². The van der Waals surface area contributed by atoms with Gasteiger partial charge in [-0.2, -0.15) is 0 Å². The average Bonchev–Trinajstić information content (AvgIpc) is 2.04. The van der Waals surface area contributed by atoms with Crippen LogP contribution < -0.4 is 4.90 Å². The number of nitrogens with one attached hydrogen (secondary N) is 1. The maximum atomic E-state index is 9.22. The molecule has 0 aliphatic carbocycles. The van der Waals surface area contributed by atoms with Crippen LogP contribution in [0.25, 0.3) is 0 Å². The molecule has 0 aromatic heterocycles. The van der Waals surface area contributed by atoms with Gasteiger partial charge in [0.05, 0.1) is 20.8 Å². The molecule has 0 bridgehead atoms. The number of rotatable bonds is 4. The van der Waals surface area contributed by atoms with Crippen molar-refractivity contribution in [3.05, 3.63) is 0 Å². The maximum Gasteiger partial charge on any atom is 0.217 e. The van der Waals surface area contributed by atoms with E-state index in [2.05, 4.69) is 4.18 Å². The highest BCUT2D eigenvalue weighted by molar-refractivity contribution is 7.80. The molecule has 3 N–H and O–H groups in total. The number of aliphatic hydroxyl groups excluding tert-OH is 2. The molecule has 0 saturated carbocycles. The van der Waals surface area contributed by atoms with Crippen LogP contribution in [-0.4, -0.2) is 56.7 Å². The summed E-state index contributed by atoms with van der Waals surface area (Å²) in [6.07, 6.45) is -0.373. The summed E-state index contributed by atoms with van der Waals surface area (Å²) in [6.45, 7) is 2.44. The molecule has 0 aliphatic heterocycles. The number of likely N-dealkylation sites (N-methyl/N-ethyl adjacent to an activating group) is 1. The Balaban J connectivity index is 0. The van der Waals surface area contributed by atoms with Gasteiger partial charge in [0, 0.05) is 6.92 Å². The molecule has 0 radical (unpaired) electrons. The molecule has 0 heterocycles. The van der Waals surface area contributed by atoms with Crippen molar-refractivity contribution in [2.45, 2.75) is 13.2 Å². The van der Waals surface area contributed by atoms with Gasteiger partial charge in [0.1, 0.15) is 6.54 Å². The van der Waals surface area contributed by atoms with Crippen LogP contribution in [0.4, 0.5) is 0 Å². The van der Waals surface area contributed by atoms with Crippen LogP contribution in [-0.2, 0) is 14.6 Å². The highest BCUT2D eigenvalue weighted by Gasteiger charge is 2.04. The lowest BCUT2D eigenvalue weighted by atomic mass is 10.5. The fourth-order valence-electron chi connectivity index (χ4n) is 0.385. The molecule has 2 unspecified atom stereocenters. The second-order valence-electron chi connectivity index (χ2n) is 2.57. The number of hydrogen-bond donors (Lipinski definition) is 3. The zero-order valence-electron chi connectivity index (χ0n) is 8.43. The largest absolute Gasteiger partial charge is 0.726 e. The lowest BCUT2D eigenvalue weighted by Crippen LogP contribution is -3.13. The fraction of sp³-hybridized carbons (Fsp3) is 1.00. The highest BCUT2D eigenvalue weighted by Crippen LogP contribution is 1.74. The first-order valence-corrected chi connectivity index (χ1v) is 5.20. The second-order valence-corrected chi connectivity index (χ2v) is 3.72. The minimum absolute atomic E-state index is 0.136. The topological polar surface area (TPSA) is 111 Å². The molecule has 0 aromatic carbocycles. The van der Waals surface area contributed by atoms with Gasteiger partial charge in [-0.25, -0.2) is 8.42 Å². The minimum Gasteiger partial charge on any atom is -0.726 e. The van der Waals surface area contributed by atoms with Crippen LogP contribution in [0.3, 0.4) is 0 Å². The van der Waals surface area contributed by atoms with Gasteiger partial charge in [-0.3, -0.25) is 4.18 Å². The summed E-state index contributed by atoms with van der Waals surface area (Å²) in [5.74, 6) is 0. The van der Waals surface area contributed by atoms with Crippen molar-refractivity contribution in [3.8, 4) is 0 Å². The number of aliphatic hydroxyl groups is 2. The second kappa shape index (κ2) is 8.09. The molecular weight excluding hydrogens is 214 g/mol. The minimum atomic E-state index is -4.41. The van der Waals surface area contributed by atoms with E-state index < -0.39 is 10.4 Å². The van der Waals surface area contributed by atoms with E-state index in [4.69, 9.17) is 10.2 Å². The van der Waals surface area contributed by atoms with Crippen LogP contribution in [0.1, 0.15) is 6.92 Å². The molecule has 0 aromatic rings. The Kier molecular flexibility index (Phi) is 9.36. The van der Waals surface area contributed by atoms with Crippen LogP contribution in [0.5, 0.6) is 0 Å². The Labute approximate surface area is 83.9 Å². The first-order chi connectivity index (χ1) is 6.24. The van der Waals surface area contributed by atoms with Gasteiger partial charge in [0.2, 0.25) is 10.4 Å². The van der Waals surface area contributed by atoms with Gasteiger partial charge in [-0.15, -0.1) is 0 Å². The third-order valence-corrected chi connectivity index (χ3v) is 1.83. The van der Waals surface area contributed by atoms with E-state index in [1.165, 1.54) is 0 Å². The van der Waals surface area contributed by atoms with Crippen molar-refractivity contribution in [1.29, 1.82) is 0 Å². The molecule has 0 amide bonds. The molecule has 14 heavy (non-hydrogen) atoms. The van der Waals surface area contributed by atoms with Crippen LogP contribution >= 0.6 is 0 Å². The predicted molar refractivity (Wildman–Crippen MR) is 47.2 cm³/mol. The van der Waals surface area contributed by atoms with E-state index in [1.54, 1.807) is 6.92 Å². The smallest absolute Gasteiger partial charge is 0.217 e. The summed E-state index contributed by atoms with van der Waals surface area (Å²) < 4.78 is 31.0. The third kappa shape index (κ3) is 14.3. The summed E-state index contributed by atoms with van der Waals surface area (Å²) in [7, 11) is -1.77. The molecule has 88 valence electrons. The van der Waals surface area contributed by atoms with Crippen molar-refractivity contribution >= 4 is 10.4 Å². The summed E-state index contributed by atoms with van der Waals surface area (Å²) in [5, 5.41) is 17.2. The van der Waals surface area contributed by atoms with E-state index in [9.17, 15) is 13.0 Å². The highest BCUT2D eigenvalue weighted by atomic mass is 32.3. The van der Waals surface area contributed by atoms with Crippen molar-refractivity contribution in [1.82, 2.24) is 0 Å². The molecule has 7 nitrogen and oxygen atoms in total. The van der Waals surface area contributed by atoms with Gasteiger partial charge < -0.3 is 19.7 Å². The molecule has 0 saturated heterocycles. The maximum absolute atomic E-state index is 9.22. The zero-order chi connectivity index (χ0) is 11.8. The molecule has 0 rings (SSSR count). The lowest BCUT2D eigenvalue weighted by molar-refractivity contribution is -0.926. The molecule has 0 spiro atoms. The molecular formula is C6H17NO6S. The van der Waals surface area contributed by atoms with Gasteiger partial charge >= 0.3 is 0 Å². The Bertz CT molecular complexity index is 214. The fourth-order valence-corrected chi connectivity index (χ4v) is 0.385. The summed E-state index contributed by atoms with van der Waals surface area (Å²) in [6, 6.07) is 0. The summed E-state index contributed by atoms with van der Waals surface area (Å²) >= 11 is 0. The molecule has 0 aliphatic rings. The van der Waals surface area contributed by atoms with Crippen molar-refractivity contribution in [2.75, 3.05) is 27.3 Å². The summed E-state index contributed by atoms with van der Waals surface area (Å²) in [5.41, 5.74) is 0. The van der Waals surface area contributed by atoms with E-state index in [0.717, 1.165) is 12.0 Å². The molecule has 8 heteroatoms. The Morgan fingerprint density at radius 2 is 1.93 bits per heavy atom. The zero-order valence-corrected chi connectivity index (χ0v) is 9.24. The van der Waals surface area contributed by atoms with E-state index in [1.807, 2.05) is 7.05 Å². The molecule has 2 atom stereocenters. The Morgan fingerprint density at radius 1 is 1.57 bits per heavy atom. The van der Waals surface area contributed by atoms with E-state index >= 15 is 0 Å². The van der Waals surface area contributed by atoms with Gasteiger partial charge in [0.15, 0.2) is 6.23 Å². The van der Waals surface area contributed by atoms with Crippen molar-refractivity contribution in [2.24, 2.45) is 0 Å². The van der Waals surface area contributed by atoms with Crippen molar-refractivity contribution < 1.29 is 32.3 Å². The Hall–Kier alpha value is -0.250. The Morgan fingerprint density at radius 3 is 2.00 bits per heavy atom. The third-order valence-electron chi connectivity index (χ3n) is 1.42. The van der Waals surface area contributed by atoms with E-state index in [-0.39, 0.29) is 12.8 Å². The van der Waals surface area contributed by atoms with E-state index in [0.29, 0.717) is 6.54 Å².